The molecule has 1 aromatic heterocycles. The second kappa shape index (κ2) is 5.43. The third-order valence-corrected chi connectivity index (χ3v) is 3.63. The van der Waals surface area contributed by atoms with Crippen LogP contribution in [0.15, 0.2) is 59.1 Å². The molecule has 3 rings (SSSR count). The molecule has 0 saturated carbocycles. The molecule has 21 heavy (non-hydrogen) atoms. The number of nitrogen functional groups attached to an aromatic ring is 1. The minimum Gasteiger partial charge on any atom is -0.382 e. The van der Waals surface area contributed by atoms with E-state index in [1.165, 1.54) is 0 Å². The molecule has 2 aromatic carbocycles. The fourth-order valence-electron chi connectivity index (χ4n) is 2.14. The van der Waals surface area contributed by atoms with E-state index in [1.807, 2.05) is 54.6 Å². The maximum Gasteiger partial charge on any atom is 0.145 e. The Kier molecular flexibility index (Phi) is 3.46. The molecule has 0 unspecified atom stereocenters. The first kappa shape index (κ1) is 13.4. The summed E-state index contributed by atoms with van der Waals surface area (Å²) < 4.78 is 2.51. The van der Waals surface area contributed by atoms with Crippen molar-refractivity contribution in [1.29, 1.82) is 5.26 Å². The Labute approximate surface area is 130 Å². The number of hydrogen-bond donors (Lipinski definition) is 1. The Morgan fingerprint density at radius 1 is 1.10 bits per heavy atom. The summed E-state index contributed by atoms with van der Waals surface area (Å²) in [5, 5.41) is 13.9. The fraction of sp³-hybridized carbons (Fsp3) is 0. The average molecular weight is 339 g/mol. The molecule has 0 aliphatic carbocycles. The van der Waals surface area contributed by atoms with Gasteiger partial charge in [-0.2, -0.15) is 10.4 Å². The summed E-state index contributed by atoms with van der Waals surface area (Å²) in [5.74, 6) is 0.342. The fourth-order valence-corrected chi connectivity index (χ4v) is 2.53. The SMILES string of the molecule is N#Cc1c(-c2ccccc2)nn(-c2cccc(Br)c2)c1N. The van der Waals surface area contributed by atoms with Gasteiger partial charge in [-0.15, -0.1) is 0 Å². The summed E-state index contributed by atoms with van der Waals surface area (Å²) in [6.45, 7) is 0. The van der Waals surface area contributed by atoms with Crippen LogP contribution in [-0.4, -0.2) is 9.78 Å². The molecule has 0 bridgehead atoms. The van der Waals surface area contributed by atoms with Gasteiger partial charge in [-0.3, -0.25) is 0 Å². The third-order valence-electron chi connectivity index (χ3n) is 3.13. The molecule has 0 aliphatic rings. The van der Waals surface area contributed by atoms with Gasteiger partial charge in [0.05, 0.1) is 5.69 Å². The highest BCUT2D eigenvalue weighted by atomic mass is 79.9. The molecular formula is C16H11BrN4. The van der Waals surface area contributed by atoms with Crippen LogP contribution in [0.3, 0.4) is 0 Å². The monoisotopic (exact) mass is 338 g/mol. The zero-order chi connectivity index (χ0) is 14.8. The maximum atomic E-state index is 9.38. The van der Waals surface area contributed by atoms with E-state index in [-0.39, 0.29) is 0 Å². The first-order chi connectivity index (χ1) is 10.2. The highest BCUT2D eigenvalue weighted by molar-refractivity contribution is 9.10. The Morgan fingerprint density at radius 3 is 2.52 bits per heavy atom. The molecule has 2 N–H and O–H groups in total. The van der Waals surface area contributed by atoms with Crippen LogP contribution < -0.4 is 5.73 Å². The van der Waals surface area contributed by atoms with E-state index in [0.29, 0.717) is 17.1 Å². The van der Waals surface area contributed by atoms with Gasteiger partial charge in [0.25, 0.3) is 0 Å². The second-order valence-electron chi connectivity index (χ2n) is 4.48. The number of nitrogens with zero attached hydrogens (tertiary/aromatic N) is 3. The predicted molar refractivity (Wildman–Crippen MR) is 85.8 cm³/mol. The van der Waals surface area contributed by atoms with Crippen LogP contribution >= 0.6 is 15.9 Å². The van der Waals surface area contributed by atoms with Gasteiger partial charge in [-0.1, -0.05) is 52.3 Å². The summed E-state index contributed by atoms with van der Waals surface area (Å²) in [5.41, 5.74) is 8.76. The van der Waals surface area contributed by atoms with Crippen LogP contribution in [0, 0.1) is 11.3 Å². The predicted octanol–water partition coefficient (Wildman–Crippen LogP) is 3.76. The van der Waals surface area contributed by atoms with Gasteiger partial charge in [0, 0.05) is 10.0 Å². The lowest BCUT2D eigenvalue weighted by Gasteiger charge is -2.03. The Hall–Kier alpha value is -2.58. The van der Waals surface area contributed by atoms with Crippen molar-refractivity contribution in [3.63, 3.8) is 0 Å². The van der Waals surface area contributed by atoms with Crippen molar-refractivity contribution in [2.45, 2.75) is 0 Å². The van der Waals surface area contributed by atoms with Gasteiger partial charge in [0.15, 0.2) is 0 Å². The number of anilines is 1. The number of nitriles is 1. The van der Waals surface area contributed by atoms with Crippen LogP contribution in [0.5, 0.6) is 0 Å². The third kappa shape index (κ3) is 2.41. The first-order valence-corrected chi connectivity index (χ1v) is 7.10. The highest BCUT2D eigenvalue weighted by Gasteiger charge is 2.17. The van der Waals surface area contributed by atoms with Gasteiger partial charge in [-0.25, -0.2) is 4.68 Å². The molecule has 0 saturated heterocycles. The van der Waals surface area contributed by atoms with Crippen LogP contribution in [0.4, 0.5) is 5.82 Å². The van der Waals surface area contributed by atoms with Gasteiger partial charge in [0.1, 0.15) is 23.1 Å². The van der Waals surface area contributed by atoms with E-state index in [4.69, 9.17) is 5.73 Å². The highest BCUT2D eigenvalue weighted by Crippen LogP contribution is 2.29. The van der Waals surface area contributed by atoms with Gasteiger partial charge in [0.2, 0.25) is 0 Å². The van der Waals surface area contributed by atoms with Crippen molar-refractivity contribution in [3.8, 4) is 23.0 Å². The Morgan fingerprint density at radius 2 is 1.86 bits per heavy atom. The minimum atomic E-state index is 0.342. The van der Waals surface area contributed by atoms with Crippen LogP contribution in [0.1, 0.15) is 5.56 Å². The molecule has 0 atom stereocenters. The molecule has 0 aliphatic heterocycles. The van der Waals surface area contributed by atoms with Gasteiger partial charge < -0.3 is 5.73 Å². The van der Waals surface area contributed by atoms with E-state index >= 15 is 0 Å². The molecule has 102 valence electrons. The van der Waals surface area contributed by atoms with E-state index in [9.17, 15) is 5.26 Å². The van der Waals surface area contributed by atoms with Crippen molar-refractivity contribution in [3.05, 3.63) is 64.6 Å². The average Bonchev–Trinajstić information content (AvgIpc) is 2.85. The molecule has 0 amide bonds. The summed E-state index contributed by atoms with van der Waals surface area (Å²) in [7, 11) is 0. The molecule has 0 spiro atoms. The van der Waals surface area contributed by atoms with Crippen molar-refractivity contribution in [2.75, 3.05) is 5.73 Å². The largest absolute Gasteiger partial charge is 0.382 e. The standard InChI is InChI=1S/C16H11BrN4/c17-12-7-4-8-13(9-12)21-16(19)14(10-18)15(20-21)11-5-2-1-3-6-11/h1-9H,19H2. The quantitative estimate of drug-likeness (QED) is 0.773. The second-order valence-corrected chi connectivity index (χ2v) is 5.39. The number of rotatable bonds is 2. The maximum absolute atomic E-state index is 9.38. The number of halogens is 1. The number of hydrogen-bond acceptors (Lipinski definition) is 3. The molecule has 0 radical (unpaired) electrons. The molecule has 3 aromatic rings. The zero-order valence-corrected chi connectivity index (χ0v) is 12.6. The van der Waals surface area contributed by atoms with Crippen molar-refractivity contribution in [2.24, 2.45) is 0 Å². The normalized spacial score (nSPS) is 10.3. The number of aromatic nitrogens is 2. The molecule has 1 heterocycles. The van der Waals surface area contributed by atoms with E-state index in [1.54, 1.807) is 4.68 Å². The summed E-state index contributed by atoms with van der Waals surface area (Å²) in [6, 6.07) is 19.3. The summed E-state index contributed by atoms with van der Waals surface area (Å²) in [6.07, 6.45) is 0. The smallest absolute Gasteiger partial charge is 0.145 e. The zero-order valence-electron chi connectivity index (χ0n) is 11.0. The van der Waals surface area contributed by atoms with Crippen molar-refractivity contribution < 1.29 is 0 Å². The summed E-state index contributed by atoms with van der Waals surface area (Å²) >= 11 is 3.42. The van der Waals surface area contributed by atoms with Crippen LogP contribution in [0.25, 0.3) is 16.9 Å². The number of benzene rings is 2. The van der Waals surface area contributed by atoms with Gasteiger partial charge >= 0.3 is 0 Å². The van der Waals surface area contributed by atoms with Crippen LogP contribution in [-0.2, 0) is 0 Å². The Balaban J connectivity index is 2.21. The molecule has 0 fully saturated rings. The number of nitrogens with two attached hydrogens (primary N) is 1. The van der Waals surface area contributed by atoms with E-state index < -0.39 is 0 Å². The lowest BCUT2D eigenvalue weighted by atomic mass is 10.1. The molecule has 4 nitrogen and oxygen atoms in total. The van der Waals surface area contributed by atoms with Crippen molar-refractivity contribution >= 4 is 21.7 Å². The minimum absolute atomic E-state index is 0.342. The summed E-state index contributed by atoms with van der Waals surface area (Å²) in [4.78, 5) is 0. The van der Waals surface area contributed by atoms with E-state index in [0.717, 1.165) is 15.7 Å². The topological polar surface area (TPSA) is 67.6 Å². The Bertz CT molecular complexity index is 831. The van der Waals surface area contributed by atoms with Crippen LogP contribution in [0.2, 0.25) is 0 Å². The molecule has 5 heteroatoms. The lowest BCUT2D eigenvalue weighted by molar-refractivity contribution is 0.894. The lowest BCUT2D eigenvalue weighted by Crippen LogP contribution is -2.02. The van der Waals surface area contributed by atoms with Crippen molar-refractivity contribution in [1.82, 2.24) is 9.78 Å². The molecular weight excluding hydrogens is 328 g/mol. The first-order valence-electron chi connectivity index (χ1n) is 6.30. The van der Waals surface area contributed by atoms with E-state index in [2.05, 4.69) is 27.1 Å². The van der Waals surface area contributed by atoms with Gasteiger partial charge in [-0.05, 0) is 18.2 Å².